The van der Waals surface area contributed by atoms with Crippen molar-refractivity contribution in [1.29, 1.82) is 0 Å². The van der Waals surface area contributed by atoms with Gasteiger partial charge in [-0.2, -0.15) is 0 Å². The fourth-order valence-electron chi connectivity index (χ4n) is 3.01. The Labute approximate surface area is 182 Å². The monoisotopic (exact) mass is 446 g/mol. The number of nitrogens with one attached hydrogen (secondary N) is 2. The summed E-state index contributed by atoms with van der Waals surface area (Å²) in [6.45, 7) is 3.37. The number of aliphatic imine (C=N–C) groups is 2. The van der Waals surface area contributed by atoms with E-state index in [9.17, 15) is 0 Å². The molecule has 2 heterocycles. The molecule has 0 saturated carbocycles. The second-order valence-corrected chi connectivity index (χ2v) is 7.65. The second kappa shape index (κ2) is 11.9. The van der Waals surface area contributed by atoms with Crippen molar-refractivity contribution in [2.45, 2.75) is 11.8 Å². The Morgan fingerprint density at radius 1 is 0.742 bits per heavy atom. The van der Waals surface area contributed by atoms with Crippen LogP contribution >= 0.6 is 0 Å². The van der Waals surface area contributed by atoms with Gasteiger partial charge in [0.05, 0.1) is 13.1 Å². The van der Waals surface area contributed by atoms with E-state index in [0.29, 0.717) is 23.8 Å². The number of nitrogens with zero attached hydrogens (tertiary/aromatic N) is 2. The minimum absolute atomic E-state index is 0.466. The van der Waals surface area contributed by atoms with Gasteiger partial charge in [-0.1, -0.05) is 60.7 Å². The van der Waals surface area contributed by atoms with Crippen molar-refractivity contribution in [2.24, 2.45) is 21.5 Å². The summed E-state index contributed by atoms with van der Waals surface area (Å²) in [6, 6.07) is 20.8. The predicted octanol–water partition coefficient (Wildman–Crippen LogP) is 0.0382. The van der Waals surface area contributed by atoms with Gasteiger partial charge in [-0.15, -0.1) is 0 Å². The smallest absolute Gasteiger partial charge is 0.188 e. The molecule has 0 aromatic heterocycles. The fourth-order valence-corrected chi connectivity index (χ4v) is 3.01. The number of hydrogen-bond donors (Lipinski definition) is 4. The first-order chi connectivity index (χ1) is 14.7. The van der Waals surface area contributed by atoms with Crippen LogP contribution in [-0.4, -0.2) is 55.6 Å². The molecule has 10 nitrogen and oxygen atoms in total. The topological polar surface area (TPSA) is 181 Å². The van der Waals surface area contributed by atoms with E-state index >= 15 is 0 Å². The molecule has 11 heteroatoms. The standard InChI is InChI=1S/2C10H13N3.H2O4S/c2*11-10-12-6-9(7-13-10)8-4-2-1-3-5-8;1-5(2,3)4/h2*1-5,9H,6-7H2,(H3,11,12,13);(H2,1,2,3,4)/p-2. The lowest BCUT2D eigenvalue weighted by molar-refractivity contribution is 0.352. The van der Waals surface area contributed by atoms with Crippen molar-refractivity contribution in [3.05, 3.63) is 71.8 Å². The number of nitrogens with two attached hydrogens (primary N) is 2. The van der Waals surface area contributed by atoms with Gasteiger partial charge in [0.1, 0.15) is 0 Å². The molecule has 0 saturated heterocycles. The molecule has 168 valence electrons. The van der Waals surface area contributed by atoms with E-state index in [4.69, 9.17) is 29.0 Å². The zero-order valence-corrected chi connectivity index (χ0v) is 17.7. The molecule has 0 fully saturated rings. The molecule has 0 spiro atoms. The van der Waals surface area contributed by atoms with Crippen LogP contribution in [0.15, 0.2) is 70.6 Å². The highest BCUT2D eigenvalue weighted by Crippen LogP contribution is 2.17. The van der Waals surface area contributed by atoms with Crippen molar-refractivity contribution in [3.63, 3.8) is 0 Å². The van der Waals surface area contributed by atoms with Gasteiger partial charge in [0.15, 0.2) is 11.9 Å². The molecule has 6 N–H and O–H groups in total. The summed E-state index contributed by atoms with van der Waals surface area (Å²) in [4.78, 5) is 8.34. The molecule has 4 rings (SSSR count). The largest absolute Gasteiger partial charge is 0.759 e. The minimum Gasteiger partial charge on any atom is -0.759 e. The maximum Gasteiger partial charge on any atom is 0.188 e. The summed E-state index contributed by atoms with van der Waals surface area (Å²) < 4.78 is 34.1. The Balaban J connectivity index is 0.000000182. The zero-order chi connectivity index (χ0) is 22.7. The van der Waals surface area contributed by atoms with Gasteiger partial charge in [0, 0.05) is 35.3 Å². The van der Waals surface area contributed by atoms with Crippen LogP contribution in [0.3, 0.4) is 0 Å². The van der Waals surface area contributed by atoms with Crippen molar-refractivity contribution in [3.8, 4) is 0 Å². The second-order valence-electron chi connectivity index (χ2n) is 6.84. The van der Waals surface area contributed by atoms with Crippen molar-refractivity contribution < 1.29 is 17.5 Å². The van der Waals surface area contributed by atoms with Crippen LogP contribution in [0.5, 0.6) is 0 Å². The average molecular weight is 447 g/mol. The first-order valence-electron chi connectivity index (χ1n) is 9.56. The summed E-state index contributed by atoms with van der Waals surface area (Å²) in [6.07, 6.45) is 0. The van der Waals surface area contributed by atoms with Gasteiger partial charge in [-0.05, 0) is 11.1 Å². The molecular weight excluding hydrogens is 420 g/mol. The molecule has 0 amide bonds. The highest BCUT2D eigenvalue weighted by atomic mass is 32.3. The summed E-state index contributed by atoms with van der Waals surface area (Å²) in [5.41, 5.74) is 13.7. The zero-order valence-electron chi connectivity index (χ0n) is 16.8. The normalized spacial score (nSPS) is 20.2. The molecule has 2 unspecified atom stereocenters. The molecule has 0 radical (unpaired) electrons. The Bertz CT molecular complexity index is 894. The Morgan fingerprint density at radius 2 is 1.06 bits per heavy atom. The first kappa shape index (κ1) is 24.1. The van der Waals surface area contributed by atoms with Crippen LogP contribution < -0.4 is 22.1 Å². The number of hydrogen-bond acceptors (Lipinski definition) is 10. The van der Waals surface area contributed by atoms with Gasteiger partial charge in [0.25, 0.3) is 0 Å². The highest BCUT2D eigenvalue weighted by molar-refractivity contribution is 7.79. The maximum absolute atomic E-state index is 8.52. The molecule has 2 aromatic rings. The number of guanidine groups is 2. The molecular formula is C20H26N6O4S-2. The summed E-state index contributed by atoms with van der Waals surface area (Å²) in [5, 5.41) is 6.12. The first-order valence-corrected chi connectivity index (χ1v) is 10.9. The molecule has 0 aliphatic carbocycles. The van der Waals surface area contributed by atoms with E-state index in [0.717, 1.165) is 26.2 Å². The maximum atomic E-state index is 8.52. The number of rotatable bonds is 2. The average Bonchev–Trinajstić information content (AvgIpc) is 2.75. The van der Waals surface area contributed by atoms with Crippen molar-refractivity contribution in [2.75, 3.05) is 26.2 Å². The lowest BCUT2D eigenvalue weighted by Crippen LogP contribution is -2.39. The Kier molecular flexibility index (Phi) is 9.25. The SMILES string of the molecule is NC1=NCC(c2ccccc2)CN1.NC1=NCC(c2ccccc2)CN1.O=S(=O)([O-])[O-]. The Morgan fingerprint density at radius 3 is 1.32 bits per heavy atom. The molecule has 2 atom stereocenters. The molecule has 0 bridgehead atoms. The lowest BCUT2D eigenvalue weighted by Gasteiger charge is -2.21. The summed E-state index contributed by atoms with van der Waals surface area (Å²) in [5.74, 6) is 2.06. The molecule has 2 aliphatic rings. The van der Waals surface area contributed by atoms with E-state index in [2.05, 4.69) is 69.1 Å². The van der Waals surface area contributed by atoms with Crippen LogP contribution in [0.1, 0.15) is 23.0 Å². The van der Waals surface area contributed by atoms with E-state index in [1.807, 2.05) is 12.1 Å². The quantitative estimate of drug-likeness (QED) is 0.368. The van der Waals surface area contributed by atoms with Crippen LogP contribution in [0.25, 0.3) is 0 Å². The van der Waals surface area contributed by atoms with Gasteiger partial charge in [0.2, 0.25) is 0 Å². The van der Waals surface area contributed by atoms with Gasteiger partial charge in [-0.25, -0.2) is 0 Å². The van der Waals surface area contributed by atoms with E-state index in [1.165, 1.54) is 11.1 Å². The van der Waals surface area contributed by atoms with Gasteiger partial charge < -0.3 is 31.2 Å². The van der Waals surface area contributed by atoms with Crippen molar-refractivity contribution in [1.82, 2.24) is 10.6 Å². The third-order valence-electron chi connectivity index (χ3n) is 4.57. The summed E-state index contributed by atoms with van der Waals surface area (Å²) >= 11 is 0. The van der Waals surface area contributed by atoms with Crippen LogP contribution in [0.2, 0.25) is 0 Å². The summed E-state index contributed by atoms with van der Waals surface area (Å²) in [7, 11) is -5.17. The van der Waals surface area contributed by atoms with E-state index < -0.39 is 10.4 Å². The third-order valence-corrected chi connectivity index (χ3v) is 4.57. The molecule has 31 heavy (non-hydrogen) atoms. The van der Waals surface area contributed by atoms with Crippen LogP contribution in [0.4, 0.5) is 0 Å². The van der Waals surface area contributed by atoms with Crippen LogP contribution in [0, 0.1) is 0 Å². The molecule has 2 aromatic carbocycles. The van der Waals surface area contributed by atoms with Gasteiger partial charge in [-0.3, -0.25) is 18.4 Å². The van der Waals surface area contributed by atoms with E-state index in [-0.39, 0.29) is 0 Å². The fraction of sp³-hybridized carbons (Fsp3) is 0.300. The Hall–Kier alpha value is -3.15. The van der Waals surface area contributed by atoms with Crippen LogP contribution in [-0.2, 0) is 10.4 Å². The predicted molar refractivity (Wildman–Crippen MR) is 118 cm³/mol. The lowest BCUT2D eigenvalue weighted by atomic mass is 9.98. The highest BCUT2D eigenvalue weighted by Gasteiger charge is 2.15. The minimum atomic E-state index is -5.17. The van der Waals surface area contributed by atoms with E-state index in [1.54, 1.807) is 0 Å². The third kappa shape index (κ3) is 9.94. The molecule has 2 aliphatic heterocycles. The number of benzene rings is 2. The van der Waals surface area contributed by atoms with Gasteiger partial charge >= 0.3 is 0 Å². The van der Waals surface area contributed by atoms with Crippen molar-refractivity contribution >= 4 is 22.3 Å².